The van der Waals surface area contributed by atoms with Crippen molar-refractivity contribution in [2.45, 2.75) is 26.5 Å². The fraction of sp³-hybridized carbons (Fsp3) is 0.400. The van der Waals surface area contributed by atoms with E-state index in [2.05, 4.69) is 48.1 Å². The quantitative estimate of drug-likeness (QED) is 0.828. The van der Waals surface area contributed by atoms with Crippen LogP contribution in [0.5, 0.6) is 5.75 Å². The van der Waals surface area contributed by atoms with E-state index < -0.39 is 0 Å². The van der Waals surface area contributed by atoms with Crippen LogP contribution in [0.1, 0.15) is 18.2 Å². The molecule has 0 spiro atoms. The number of rotatable bonds is 2. The number of benzene rings is 1. The van der Waals surface area contributed by atoms with Crippen LogP contribution in [0.4, 0.5) is 5.69 Å². The lowest BCUT2D eigenvalue weighted by atomic mass is 10.1. The van der Waals surface area contributed by atoms with Crippen molar-refractivity contribution in [2.24, 2.45) is 7.05 Å². The van der Waals surface area contributed by atoms with Gasteiger partial charge in [-0.2, -0.15) is 5.10 Å². The molecule has 0 bridgehead atoms. The van der Waals surface area contributed by atoms with E-state index in [0.29, 0.717) is 0 Å². The molecule has 2 aromatic rings. The summed E-state index contributed by atoms with van der Waals surface area (Å²) in [5.74, 6) is 0.978. The second kappa shape index (κ2) is 4.61. The van der Waals surface area contributed by atoms with E-state index in [1.807, 2.05) is 17.9 Å². The lowest BCUT2D eigenvalue weighted by Crippen LogP contribution is -2.38. The Morgan fingerprint density at radius 1 is 1.37 bits per heavy atom. The van der Waals surface area contributed by atoms with Crippen molar-refractivity contribution in [1.82, 2.24) is 9.78 Å². The van der Waals surface area contributed by atoms with Crippen molar-refractivity contribution in [3.05, 3.63) is 41.7 Å². The smallest absolute Gasteiger partial charge is 0.143 e. The standard InChI is InChI=1S/C15H19N3O/c1-11-4-5-15-14(8-11)18(9-12(2)19-15)10-13-6-7-16-17(13)3/h4-8,12H,9-10H2,1-3H3. The van der Waals surface area contributed by atoms with E-state index >= 15 is 0 Å². The Balaban J connectivity index is 1.94. The topological polar surface area (TPSA) is 30.3 Å². The second-order valence-corrected chi connectivity index (χ2v) is 5.23. The predicted octanol–water partition coefficient (Wildman–Crippen LogP) is 2.52. The zero-order valence-electron chi connectivity index (χ0n) is 11.6. The van der Waals surface area contributed by atoms with Gasteiger partial charge >= 0.3 is 0 Å². The van der Waals surface area contributed by atoms with Gasteiger partial charge in [-0.15, -0.1) is 0 Å². The zero-order valence-corrected chi connectivity index (χ0v) is 11.6. The van der Waals surface area contributed by atoms with Crippen molar-refractivity contribution in [1.29, 1.82) is 0 Å². The van der Waals surface area contributed by atoms with Gasteiger partial charge in [0.25, 0.3) is 0 Å². The molecule has 0 aliphatic carbocycles. The molecule has 0 fully saturated rings. The summed E-state index contributed by atoms with van der Waals surface area (Å²) in [5.41, 5.74) is 3.65. The van der Waals surface area contributed by atoms with Gasteiger partial charge in [-0.05, 0) is 37.6 Å². The highest BCUT2D eigenvalue weighted by molar-refractivity contribution is 5.61. The molecule has 0 amide bonds. The maximum Gasteiger partial charge on any atom is 0.143 e. The number of aryl methyl sites for hydroxylation is 2. The van der Waals surface area contributed by atoms with Crippen LogP contribution in [0.15, 0.2) is 30.5 Å². The van der Waals surface area contributed by atoms with Gasteiger partial charge in [0.15, 0.2) is 0 Å². The van der Waals surface area contributed by atoms with Crippen molar-refractivity contribution in [2.75, 3.05) is 11.4 Å². The number of nitrogens with zero attached hydrogens (tertiary/aromatic N) is 3. The van der Waals surface area contributed by atoms with Gasteiger partial charge in [-0.25, -0.2) is 0 Å². The number of hydrogen-bond acceptors (Lipinski definition) is 3. The van der Waals surface area contributed by atoms with Crippen molar-refractivity contribution >= 4 is 5.69 Å². The van der Waals surface area contributed by atoms with Crippen LogP contribution in [-0.2, 0) is 13.6 Å². The second-order valence-electron chi connectivity index (χ2n) is 5.23. The molecular weight excluding hydrogens is 238 g/mol. The first-order valence-electron chi connectivity index (χ1n) is 6.62. The highest BCUT2D eigenvalue weighted by Gasteiger charge is 2.23. The van der Waals surface area contributed by atoms with Gasteiger partial charge in [-0.1, -0.05) is 6.07 Å². The molecule has 100 valence electrons. The third-order valence-corrected chi connectivity index (χ3v) is 3.54. The summed E-state index contributed by atoms with van der Waals surface area (Å²) in [5, 5.41) is 4.23. The molecule has 19 heavy (non-hydrogen) atoms. The van der Waals surface area contributed by atoms with Gasteiger partial charge < -0.3 is 9.64 Å². The number of fused-ring (bicyclic) bond motifs is 1. The summed E-state index contributed by atoms with van der Waals surface area (Å²) in [6.07, 6.45) is 2.06. The van der Waals surface area contributed by atoms with E-state index in [1.54, 1.807) is 0 Å². The number of hydrogen-bond donors (Lipinski definition) is 0. The molecule has 0 N–H and O–H groups in total. The molecule has 2 heterocycles. The molecule has 4 nitrogen and oxygen atoms in total. The monoisotopic (exact) mass is 257 g/mol. The molecular formula is C15H19N3O. The number of ether oxygens (including phenoxy) is 1. The Morgan fingerprint density at radius 2 is 2.21 bits per heavy atom. The highest BCUT2D eigenvalue weighted by atomic mass is 16.5. The minimum Gasteiger partial charge on any atom is -0.487 e. The lowest BCUT2D eigenvalue weighted by molar-refractivity contribution is 0.211. The van der Waals surface area contributed by atoms with E-state index in [-0.39, 0.29) is 6.10 Å². The van der Waals surface area contributed by atoms with Crippen LogP contribution in [0.3, 0.4) is 0 Å². The van der Waals surface area contributed by atoms with Crippen LogP contribution in [-0.4, -0.2) is 22.4 Å². The maximum atomic E-state index is 5.90. The Bertz CT molecular complexity index is 591. The van der Waals surface area contributed by atoms with E-state index in [4.69, 9.17) is 4.74 Å². The van der Waals surface area contributed by atoms with Gasteiger partial charge in [0.05, 0.1) is 24.5 Å². The van der Waals surface area contributed by atoms with Gasteiger partial charge in [0.2, 0.25) is 0 Å². The van der Waals surface area contributed by atoms with Crippen LogP contribution in [0.2, 0.25) is 0 Å². The largest absolute Gasteiger partial charge is 0.487 e. The Hall–Kier alpha value is -1.97. The molecule has 1 unspecified atom stereocenters. The van der Waals surface area contributed by atoms with E-state index in [0.717, 1.165) is 18.8 Å². The molecule has 1 aliphatic heterocycles. The van der Waals surface area contributed by atoms with E-state index in [1.165, 1.54) is 16.9 Å². The summed E-state index contributed by atoms with van der Waals surface area (Å²) in [4.78, 5) is 2.37. The molecule has 1 atom stereocenters. The molecule has 4 heteroatoms. The van der Waals surface area contributed by atoms with Crippen molar-refractivity contribution < 1.29 is 4.74 Å². The third kappa shape index (κ3) is 2.30. The Morgan fingerprint density at radius 3 is 2.95 bits per heavy atom. The van der Waals surface area contributed by atoms with E-state index in [9.17, 15) is 0 Å². The number of aromatic nitrogens is 2. The highest BCUT2D eigenvalue weighted by Crippen LogP contribution is 2.34. The lowest BCUT2D eigenvalue weighted by Gasteiger charge is -2.35. The van der Waals surface area contributed by atoms with Crippen LogP contribution >= 0.6 is 0 Å². The molecule has 1 aromatic heterocycles. The molecule has 0 saturated carbocycles. The minimum atomic E-state index is 0.212. The Kier molecular flexibility index (Phi) is 2.93. The average molecular weight is 257 g/mol. The van der Waals surface area contributed by atoms with Gasteiger partial charge in [-0.3, -0.25) is 4.68 Å². The molecule has 1 aliphatic rings. The summed E-state index contributed by atoms with van der Waals surface area (Å²) in [6.45, 7) is 5.99. The third-order valence-electron chi connectivity index (χ3n) is 3.54. The maximum absolute atomic E-state index is 5.90. The fourth-order valence-electron chi connectivity index (χ4n) is 2.54. The van der Waals surface area contributed by atoms with Gasteiger partial charge in [0, 0.05) is 13.2 Å². The predicted molar refractivity (Wildman–Crippen MR) is 75.5 cm³/mol. The molecule has 1 aromatic carbocycles. The summed E-state index contributed by atoms with van der Waals surface area (Å²) in [6, 6.07) is 8.42. The SMILES string of the molecule is Cc1ccc2c(c1)N(Cc1ccnn1C)CC(C)O2. The molecule has 0 saturated heterocycles. The molecule has 0 radical (unpaired) electrons. The normalized spacial score (nSPS) is 18.1. The minimum absolute atomic E-state index is 0.212. The first-order valence-corrected chi connectivity index (χ1v) is 6.62. The summed E-state index contributed by atoms with van der Waals surface area (Å²) < 4.78 is 7.83. The Labute approximate surface area is 113 Å². The zero-order chi connectivity index (χ0) is 13.4. The molecule has 3 rings (SSSR count). The van der Waals surface area contributed by atoms with Crippen LogP contribution in [0, 0.1) is 6.92 Å². The van der Waals surface area contributed by atoms with Crippen molar-refractivity contribution in [3.8, 4) is 5.75 Å². The van der Waals surface area contributed by atoms with Gasteiger partial charge in [0.1, 0.15) is 11.9 Å². The number of anilines is 1. The average Bonchev–Trinajstić information content (AvgIpc) is 2.76. The van der Waals surface area contributed by atoms with Crippen LogP contribution < -0.4 is 9.64 Å². The van der Waals surface area contributed by atoms with Crippen molar-refractivity contribution in [3.63, 3.8) is 0 Å². The summed E-state index contributed by atoms with van der Waals surface area (Å²) in [7, 11) is 1.98. The fourth-order valence-corrected chi connectivity index (χ4v) is 2.54. The first-order chi connectivity index (χ1) is 9.13. The summed E-state index contributed by atoms with van der Waals surface area (Å²) >= 11 is 0. The van der Waals surface area contributed by atoms with Crippen LogP contribution in [0.25, 0.3) is 0 Å². The first kappa shape index (κ1) is 12.1.